The number of nitrogens with two attached hydrogens (primary N) is 1. The molecule has 0 fully saturated rings. The van der Waals surface area contributed by atoms with Crippen LogP contribution in [0.15, 0.2) is 97.2 Å². The van der Waals surface area contributed by atoms with Crippen LogP contribution >= 0.6 is 7.82 Å². The second kappa shape index (κ2) is 40.1. The van der Waals surface area contributed by atoms with Gasteiger partial charge < -0.3 is 25.2 Å². The zero-order chi connectivity index (χ0) is 41.2. The molecule has 0 bridgehead atoms. The monoisotopic (exact) mass is 804 g/mol. The van der Waals surface area contributed by atoms with Gasteiger partial charge in [-0.3, -0.25) is 18.6 Å². The van der Waals surface area contributed by atoms with Crippen LogP contribution in [-0.2, 0) is 32.7 Å². The van der Waals surface area contributed by atoms with Crippen LogP contribution in [-0.4, -0.2) is 60.5 Å². The van der Waals surface area contributed by atoms with Crippen LogP contribution in [0.3, 0.4) is 0 Å². The Balaban J connectivity index is 4.46. The molecule has 0 radical (unpaired) electrons. The van der Waals surface area contributed by atoms with Gasteiger partial charge in [-0.15, -0.1) is 0 Å². The van der Waals surface area contributed by atoms with Crippen LogP contribution in [0, 0.1) is 0 Å². The van der Waals surface area contributed by atoms with Crippen molar-refractivity contribution in [3.05, 3.63) is 97.2 Å². The van der Waals surface area contributed by atoms with Crippen molar-refractivity contribution in [1.29, 1.82) is 0 Å². The molecule has 3 atom stereocenters. The summed E-state index contributed by atoms with van der Waals surface area (Å²) in [6.45, 7) is 3.42. The van der Waals surface area contributed by atoms with Gasteiger partial charge in [0, 0.05) is 19.4 Å². The van der Waals surface area contributed by atoms with E-state index in [4.69, 9.17) is 24.3 Å². The first-order valence-corrected chi connectivity index (χ1v) is 22.3. The van der Waals surface area contributed by atoms with Gasteiger partial charge in [-0.1, -0.05) is 137 Å². The van der Waals surface area contributed by atoms with Gasteiger partial charge in [0.15, 0.2) is 6.10 Å². The lowest BCUT2D eigenvalue weighted by molar-refractivity contribution is -0.161. The molecular formula is C45H74NO9P. The standard InChI is InChI=1S/C45H74NO9P/c1-3-5-7-9-11-12-13-14-15-16-17-18-19-20-24-28-32-36-44(48)52-40-43(41-54-56(50,51)53-39-38-46)55-45(49)37-33-29-25-21-23-27-31-35-42(47)34-30-26-22-10-8-6-4-2/h11-12,14-15,17-18,20-22,24-27,30-31,34,42-43,47H,3-10,13,16,19,23,28-29,32-33,35-41,46H2,1-2H3,(H,50,51)/b12-11-,15-14-,18-17-,24-20-,25-21+,26-22-,31-27-,34-30-/t42-,43+/m0/s1. The molecule has 0 heterocycles. The highest BCUT2D eigenvalue weighted by atomic mass is 31.2. The van der Waals surface area contributed by atoms with Crippen molar-refractivity contribution < 1.29 is 42.7 Å². The number of esters is 2. The van der Waals surface area contributed by atoms with Crippen molar-refractivity contribution in [3.63, 3.8) is 0 Å². The molecule has 10 nitrogen and oxygen atoms in total. The largest absolute Gasteiger partial charge is 0.472 e. The number of phosphoric acid groups is 1. The molecule has 0 aromatic rings. The van der Waals surface area contributed by atoms with Crippen molar-refractivity contribution in [2.75, 3.05) is 26.4 Å². The lowest BCUT2D eigenvalue weighted by atomic mass is 10.2. The van der Waals surface area contributed by atoms with E-state index in [1.165, 1.54) is 38.5 Å². The van der Waals surface area contributed by atoms with E-state index in [0.717, 1.165) is 32.1 Å². The molecule has 0 spiro atoms. The summed E-state index contributed by atoms with van der Waals surface area (Å²) in [7, 11) is -4.43. The Morgan fingerprint density at radius 1 is 0.625 bits per heavy atom. The van der Waals surface area contributed by atoms with E-state index in [9.17, 15) is 24.2 Å². The van der Waals surface area contributed by atoms with Crippen LogP contribution in [0.25, 0.3) is 0 Å². The quantitative estimate of drug-likeness (QED) is 0.0182. The predicted octanol–water partition coefficient (Wildman–Crippen LogP) is 10.8. The number of hydrogen-bond donors (Lipinski definition) is 3. The molecular weight excluding hydrogens is 729 g/mol. The first-order valence-electron chi connectivity index (χ1n) is 20.8. The first-order chi connectivity index (χ1) is 27.2. The van der Waals surface area contributed by atoms with Gasteiger partial charge in [0.2, 0.25) is 0 Å². The Morgan fingerprint density at radius 2 is 1.12 bits per heavy atom. The summed E-state index contributed by atoms with van der Waals surface area (Å²) in [6, 6.07) is 0. The number of hydrogen-bond acceptors (Lipinski definition) is 9. The Bertz CT molecular complexity index is 1250. The molecule has 0 saturated carbocycles. The molecule has 0 aromatic carbocycles. The maximum atomic E-state index is 12.5. The SMILES string of the molecule is CCCCC/C=C\C=C/[C@H](O)C/C=C\C/C=C/CCCC(=O)O[C@H](COC(=O)CCC/C=C\C/C=C\C/C=C\C/C=C\CCCCC)COP(=O)(O)OCCN. The summed E-state index contributed by atoms with van der Waals surface area (Å²) in [6.07, 6.45) is 47.6. The second-order valence-electron chi connectivity index (χ2n) is 13.3. The molecule has 0 aromatic heterocycles. The van der Waals surface area contributed by atoms with Crippen molar-refractivity contribution in [2.24, 2.45) is 5.73 Å². The van der Waals surface area contributed by atoms with E-state index in [1.54, 1.807) is 6.08 Å². The van der Waals surface area contributed by atoms with Crippen LogP contribution < -0.4 is 5.73 Å². The molecule has 0 saturated heterocycles. The molecule has 0 aliphatic heterocycles. The van der Waals surface area contributed by atoms with E-state index in [2.05, 4.69) is 62.5 Å². The smallest absolute Gasteiger partial charge is 0.462 e. The summed E-state index contributed by atoms with van der Waals surface area (Å²) in [4.78, 5) is 34.8. The third kappa shape index (κ3) is 39.1. The van der Waals surface area contributed by atoms with Crippen molar-refractivity contribution in [1.82, 2.24) is 0 Å². The zero-order valence-electron chi connectivity index (χ0n) is 34.4. The zero-order valence-corrected chi connectivity index (χ0v) is 35.3. The minimum atomic E-state index is -4.43. The number of phosphoric ester groups is 1. The normalized spacial score (nSPS) is 14.9. The number of ether oxygens (including phenoxy) is 2. The lowest BCUT2D eigenvalue weighted by Gasteiger charge is -2.19. The number of aliphatic hydroxyl groups is 1. The highest BCUT2D eigenvalue weighted by Gasteiger charge is 2.25. The summed E-state index contributed by atoms with van der Waals surface area (Å²) in [5.41, 5.74) is 5.33. The Kier molecular flexibility index (Phi) is 37.9. The number of unbranched alkanes of at least 4 members (excludes halogenated alkanes) is 8. The van der Waals surface area contributed by atoms with Gasteiger partial charge in [-0.25, -0.2) is 4.57 Å². The third-order valence-electron chi connectivity index (χ3n) is 8.02. The molecule has 0 rings (SSSR count). The second-order valence-corrected chi connectivity index (χ2v) is 14.8. The molecule has 318 valence electrons. The highest BCUT2D eigenvalue weighted by Crippen LogP contribution is 2.43. The van der Waals surface area contributed by atoms with Gasteiger partial charge in [0.25, 0.3) is 0 Å². The maximum absolute atomic E-state index is 12.5. The summed E-state index contributed by atoms with van der Waals surface area (Å²) < 4.78 is 32.6. The van der Waals surface area contributed by atoms with E-state index >= 15 is 0 Å². The van der Waals surface area contributed by atoms with Gasteiger partial charge >= 0.3 is 19.8 Å². The third-order valence-corrected chi connectivity index (χ3v) is 9.01. The lowest BCUT2D eigenvalue weighted by Crippen LogP contribution is -2.29. The topological polar surface area (TPSA) is 155 Å². The van der Waals surface area contributed by atoms with Gasteiger partial charge in [-0.05, 0) is 83.5 Å². The minimum Gasteiger partial charge on any atom is -0.462 e. The number of carbonyl (C=O) groups excluding carboxylic acids is 2. The fourth-order valence-electron chi connectivity index (χ4n) is 4.87. The Labute approximate surface area is 339 Å². The van der Waals surface area contributed by atoms with Crippen molar-refractivity contribution in [3.8, 4) is 0 Å². The van der Waals surface area contributed by atoms with E-state index in [-0.39, 0.29) is 32.6 Å². The number of aliphatic hydroxyl groups excluding tert-OH is 1. The van der Waals surface area contributed by atoms with Crippen LogP contribution in [0.4, 0.5) is 0 Å². The Hall–Kier alpha value is -3.11. The molecule has 0 aliphatic carbocycles. The first kappa shape index (κ1) is 52.9. The number of carbonyl (C=O) groups is 2. The van der Waals surface area contributed by atoms with Crippen LogP contribution in [0.1, 0.15) is 136 Å². The van der Waals surface area contributed by atoms with Gasteiger partial charge in [0.1, 0.15) is 6.61 Å². The minimum absolute atomic E-state index is 0.0216. The highest BCUT2D eigenvalue weighted by molar-refractivity contribution is 7.47. The van der Waals surface area contributed by atoms with E-state index in [0.29, 0.717) is 38.5 Å². The summed E-state index contributed by atoms with van der Waals surface area (Å²) in [5, 5.41) is 10.1. The van der Waals surface area contributed by atoms with Crippen molar-refractivity contribution >= 4 is 19.8 Å². The van der Waals surface area contributed by atoms with Crippen molar-refractivity contribution in [2.45, 2.75) is 148 Å². The fraction of sp³-hybridized carbons (Fsp3) is 0.600. The molecule has 1 unspecified atom stereocenters. The Morgan fingerprint density at radius 3 is 1.68 bits per heavy atom. The summed E-state index contributed by atoms with van der Waals surface area (Å²) in [5.74, 6) is -1.01. The number of rotatable bonds is 37. The summed E-state index contributed by atoms with van der Waals surface area (Å²) >= 11 is 0. The average Bonchev–Trinajstić information content (AvgIpc) is 3.18. The fourth-order valence-corrected chi connectivity index (χ4v) is 5.64. The average molecular weight is 804 g/mol. The predicted molar refractivity (Wildman–Crippen MR) is 230 cm³/mol. The van der Waals surface area contributed by atoms with E-state index in [1.807, 2.05) is 42.5 Å². The van der Waals surface area contributed by atoms with Crippen LogP contribution in [0.5, 0.6) is 0 Å². The maximum Gasteiger partial charge on any atom is 0.472 e. The molecule has 56 heavy (non-hydrogen) atoms. The number of allylic oxidation sites excluding steroid dienone is 14. The van der Waals surface area contributed by atoms with Crippen LogP contribution in [0.2, 0.25) is 0 Å². The molecule has 0 amide bonds. The van der Waals surface area contributed by atoms with Gasteiger partial charge in [0.05, 0.1) is 19.3 Å². The molecule has 0 aliphatic rings. The molecule has 11 heteroatoms. The molecule has 4 N–H and O–H groups in total. The van der Waals surface area contributed by atoms with E-state index < -0.39 is 38.6 Å². The van der Waals surface area contributed by atoms with Gasteiger partial charge in [-0.2, -0.15) is 0 Å².